The zero-order chi connectivity index (χ0) is 11.5. The average Bonchev–Trinajstić information content (AvgIpc) is 2.57. The quantitative estimate of drug-likeness (QED) is 0.847. The molecular formula is C11H14BrN3O. The summed E-state index contributed by atoms with van der Waals surface area (Å²) in [6, 6.07) is 5.72. The molecule has 0 spiro atoms. The Morgan fingerprint density at radius 3 is 3.06 bits per heavy atom. The van der Waals surface area contributed by atoms with Crippen LogP contribution in [0.1, 0.15) is 12.1 Å². The van der Waals surface area contributed by atoms with Gasteiger partial charge in [0.15, 0.2) is 0 Å². The molecule has 86 valence electrons. The van der Waals surface area contributed by atoms with Gasteiger partial charge in [-0.1, -0.05) is 6.07 Å². The minimum absolute atomic E-state index is 0.0502. The van der Waals surface area contributed by atoms with E-state index in [1.54, 1.807) is 4.90 Å². The van der Waals surface area contributed by atoms with Gasteiger partial charge in [-0.25, -0.2) is 4.98 Å². The number of hydrogen-bond acceptors (Lipinski definition) is 3. The SMILES string of the molecule is CN1CCC(NCc2cccc(Br)n2)C1=O. The molecule has 1 amide bonds. The first-order valence-corrected chi connectivity index (χ1v) is 6.06. The largest absolute Gasteiger partial charge is 0.344 e. The topological polar surface area (TPSA) is 45.2 Å². The number of likely N-dealkylation sites (tertiary alicyclic amines) is 1. The van der Waals surface area contributed by atoms with Gasteiger partial charge in [0.25, 0.3) is 0 Å². The summed E-state index contributed by atoms with van der Waals surface area (Å²) in [6.07, 6.45) is 0.878. The zero-order valence-corrected chi connectivity index (χ0v) is 10.7. The molecule has 1 fully saturated rings. The molecule has 1 unspecified atom stereocenters. The summed E-state index contributed by atoms with van der Waals surface area (Å²) in [5, 5.41) is 3.23. The first-order valence-electron chi connectivity index (χ1n) is 5.26. The number of amides is 1. The Morgan fingerprint density at radius 1 is 1.62 bits per heavy atom. The highest BCUT2D eigenvalue weighted by Gasteiger charge is 2.28. The monoisotopic (exact) mass is 283 g/mol. The molecular weight excluding hydrogens is 270 g/mol. The number of hydrogen-bond donors (Lipinski definition) is 1. The standard InChI is InChI=1S/C11H14BrN3O/c1-15-6-5-9(11(15)16)13-7-8-3-2-4-10(12)14-8/h2-4,9,13H,5-7H2,1H3. The average molecular weight is 284 g/mol. The van der Waals surface area contributed by atoms with Crippen LogP contribution in [0.4, 0.5) is 0 Å². The highest BCUT2D eigenvalue weighted by atomic mass is 79.9. The van der Waals surface area contributed by atoms with Crippen LogP contribution >= 0.6 is 15.9 Å². The van der Waals surface area contributed by atoms with Gasteiger partial charge in [0, 0.05) is 20.1 Å². The summed E-state index contributed by atoms with van der Waals surface area (Å²) in [7, 11) is 1.83. The number of halogens is 1. The lowest BCUT2D eigenvalue weighted by Gasteiger charge is -2.11. The summed E-state index contributed by atoms with van der Waals surface area (Å²) in [5.74, 6) is 0.176. The van der Waals surface area contributed by atoms with Crippen molar-refractivity contribution in [3.8, 4) is 0 Å². The Morgan fingerprint density at radius 2 is 2.44 bits per heavy atom. The normalized spacial score (nSPS) is 20.5. The molecule has 1 aliphatic heterocycles. The summed E-state index contributed by atoms with van der Waals surface area (Å²) >= 11 is 3.32. The van der Waals surface area contributed by atoms with E-state index in [4.69, 9.17) is 0 Å². The summed E-state index contributed by atoms with van der Waals surface area (Å²) < 4.78 is 0.821. The Hall–Kier alpha value is -0.940. The van der Waals surface area contributed by atoms with Crippen LogP contribution in [0.15, 0.2) is 22.8 Å². The molecule has 0 aromatic carbocycles. The van der Waals surface area contributed by atoms with Crippen molar-refractivity contribution in [1.82, 2.24) is 15.2 Å². The van der Waals surface area contributed by atoms with Crippen LogP contribution in [0.3, 0.4) is 0 Å². The number of pyridine rings is 1. The maximum absolute atomic E-state index is 11.6. The van der Waals surface area contributed by atoms with Crippen molar-refractivity contribution in [3.63, 3.8) is 0 Å². The second-order valence-electron chi connectivity index (χ2n) is 3.93. The van der Waals surface area contributed by atoms with Gasteiger partial charge in [-0.2, -0.15) is 0 Å². The lowest BCUT2D eigenvalue weighted by atomic mass is 10.2. The third kappa shape index (κ3) is 2.59. The van der Waals surface area contributed by atoms with Crippen molar-refractivity contribution in [3.05, 3.63) is 28.5 Å². The van der Waals surface area contributed by atoms with E-state index in [-0.39, 0.29) is 11.9 Å². The van der Waals surface area contributed by atoms with E-state index >= 15 is 0 Å². The van der Waals surface area contributed by atoms with Gasteiger partial charge >= 0.3 is 0 Å². The maximum Gasteiger partial charge on any atom is 0.239 e. The highest BCUT2D eigenvalue weighted by molar-refractivity contribution is 9.10. The molecule has 0 saturated carbocycles. The summed E-state index contributed by atoms with van der Waals surface area (Å²) in [6.45, 7) is 1.46. The lowest BCUT2D eigenvalue weighted by molar-refractivity contribution is -0.128. The number of nitrogens with zero attached hydrogens (tertiary/aromatic N) is 2. The minimum Gasteiger partial charge on any atom is -0.344 e. The van der Waals surface area contributed by atoms with E-state index in [9.17, 15) is 4.79 Å². The van der Waals surface area contributed by atoms with Crippen molar-refractivity contribution in [1.29, 1.82) is 0 Å². The van der Waals surface area contributed by atoms with E-state index in [1.807, 2.05) is 25.2 Å². The van der Waals surface area contributed by atoms with Crippen LogP contribution in [0, 0.1) is 0 Å². The minimum atomic E-state index is -0.0502. The molecule has 1 saturated heterocycles. The van der Waals surface area contributed by atoms with Gasteiger partial charge in [-0.15, -0.1) is 0 Å². The van der Waals surface area contributed by atoms with Crippen molar-refractivity contribution in [2.24, 2.45) is 0 Å². The molecule has 16 heavy (non-hydrogen) atoms. The molecule has 5 heteroatoms. The summed E-state index contributed by atoms with van der Waals surface area (Å²) in [4.78, 5) is 17.7. The fourth-order valence-corrected chi connectivity index (χ4v) is 2.17. The fourth-order valence-electron chi connectivity index (χ4n) is 1.79. The highest BCUT2D eigenvalue weighted by Crippen LogP contribution is 2.10. The maximum atomic E-state index is 11.6. The summed E-state index contributed by atoms with van der Waals surface area (Å²) in [5.41, 5.74) is 0.941. The Labute approximate surface area is 103 Å². The number of carbonyl (C=O) groups is 1. The zero-order valence-electron chi connectivity index (χ0n) is 9.11. The third-order valence-corrected chi connectivity index (χ3v) is 3.17. The van der Waals surface area contributed by atoms with Gasteiger partial charge in [-0.3, -0.25) is 4.79 Å². The number of carbonyl (C=O) groups excluding carboxylic acids is 1. The van der Waals surface area contributed by atoms with Gasteiger partial charge in [-0.05, 0) is 34.5 Å². The molecule has 1 aromatic rings. The van der Waals surface area contributed by atoms with E-state index in [2.05, 4.69) is 26.2 Å². The van der Waals surface area contributed by atoms with E-state index in [0.29, 0.717) is 6.54 Å². The van der Waals surface area contributed by atoms with Crippen LogP contribution in [0.5, 0.6) is 0 Å². The Balaban J connectivity index is 1.90. The molecule has 1 N–H and O–H groups in total. The van der Waals surface area contributed by atoms with Crippen molar-refractivity contribution in [2.45, 2.75) is 19.0 Å². The second kappa shape index (κ2) is 4.93. The number of likely N-dealkylation sites (N-methyl/N-ethyl adjacent to an activating group) is 1. The number of nitrogens with one attached hydrogen (secondary N) is 1. The van der Waals surface area contributed by atoms with E-state index in [0.717, 1.165) is 23.3 Å². The Bertz CT molecular complexity index is 397. The molecule has 1 aliphatic rings. The number of rotatable bonds is 3. The van der Waals surface area contributed by atoms with E-state index in [1.165, 1.54) is 0 Å². The van der Waals surface area contributed by atoms with Crippen LogP contribution in [-0.2, 0) is 11.3 Å². The van der Waals surface area contributed by atoms with Crippen LogP contribution in [0.2, 0.25) is 0 Å². The van der Waals surface area contributed by atoms with Gasteiger partial charge in [0.1, 0.15) is 4.60 Å². The van der Waals surface area contributed by atoms with Crippen molar-refractivity contribution >= 4 is 21.8 Å². The lowest BCUT2D eigenvalue weighted by Crippen LogP contribution is -2.36. The molecule has 2 rings (SSSR count). The second-order valence-corrected chi connectivity index (χ2v) is 4.75. The van der Waals surface area contributed by atoms with Crippen LogP contribution < -0.4 is 5.32 Å². The van der Waals surface area contributed by atoms with E-state index < -0.39 is 0 Å². The fraction of sp³-hybridized carbons (Fsp3) is 0.455. The van der Waals surface area contributed by atoms with Crippen molar-refractivity contribution in [2.75, 3.05) is 13.6 Å². The molecule has 2 heterocycles. The predicted octanol–water partition coefficient (Wildman–Crippen LogP) is 1.16. The third-order valence-electron chi connectivity index (χ3n) is 2.73. The number of aromatic nitrogens is 1. The van der Waals surface area contributed by atoms with Gasteiger partial charge < -0.3 is 10.2 Å². The first kappa shape index (κ1) is 11.5. The molecule has 0 bridgehead atoms. The van der Waals surface area contributed by atoms with Gasteiger partial charge in [0.05, 0.1) is 11.7 Å². The molecule has 4 nitrogen and oxygen atoms in total. The Kier molecular flexibility index (Phi) is 3.56. The van der Waals surface area contributed by atoms with Crippen LogP contribution in [0.25, 0.3) is 0 Å². The predicted molar refractivity (Wildman–Crippen MR) is 64.8 cm³/mol. The molecule has 0 radical (unpaired) electrons. The smallest absolute Gasteiger partial charge is 0.239 e. The molecule has 1 aromatic heterocycles. The molecule has 0 aliphatic carbocycles. The first-order chi connectivity index (χ1) is 7.66. The van der Waals surface area contributed by atoms with Gasteiger partial charge in [0.2, 0.25) is 5.91 Å². The molecule has 1 atom stereocenters. The van der Waals surface area contributed by atoms with Crippen molar-refractivity contribution < 1.29 is 4.79 Å². The van der Waals surface area contributed by atoms with Crippen LogP contribution in [-0.4, -0.2) is 35.4 Å².